The smallest absolute Gasteiger partial charge is 0.138 e. The molecule has 0 amide bonds. The summed E-state index contributed by atoms with van der Waals surface area (Å²) in [4.78, 5) is 12.3. The van der Waals surface area contributed by atoms with E-state index in [1.54, 1.807) is 6.20 Å². The summed E-state index contributed by atoms with van der Waals surface area (Å²) >= 11 is 9.92. The Hall–Kier alpha value is -2.17. The van der Waals surface area contributed by atoms with E-state index in [-0.39, 0.29) is 0 Å². The first-order chi connectivity index (χ1) is 11.2. The van der Waals surface area contributed by atoms with Crippen molar-refractivity contribution in [2.45, 2.75) is 0 Å². The van der Waals surface area contributed by atoms with Gasteiger partial charge in [0.2, 0.25) is 0 Å². The fraction of sp³-hybridized carbons (Fsp3) is 0. The molecule has 0 unspecified atom stereocenters. The molecule has 23 heavy (non-hydrogen) atoms. The molecule has 0 aliphatic rings. The topological polar surface area (TPSA) is 41.6 Å². The van der Waals surface area contributed by atoms with Gasteiger partial charge in [-0.2, -0.15) is 0 Å². The zero-order valence-electron chi connectivity index (χ0n) is 11.9. The van der Waals surface area contributed by atoms with E-state index in [0.29, 0.717) is 5.02 Å². The van der Waals surface area contributed by atoms with Crippen molar-refractivity contribution in [2.24, 2.45) is 0 Å². The van der Waals surface area contributed by atoms with Gasteiger partial charge in [-0.1, -0.05) is 45.7 Å². The molecule has 0 spiro atoms. The molecule has 5 heteroatoms. The minimum atomic E-state index is 0.655. The van der Waals surface area contributed by atoms with Crippen LogP contribution < -0.4 is 0 Å². The van der Waals surface area contributed by atoms with Crippen LogP contribution in [0.25, 0.3) is 33.7 Å². The monoisotopic (exact) mass is 383 g/mol. The van der Waals surface area contributed by atoms with Crippen LogP contribution in [0.4, 0.5) is 0 Å². The van der Waals surface area contributed by atoms with Crippen molar-refractivity contribution < 1.29 is 0 Å². The average molecular weight is 385 g/mol. The highest BCUT2D eigenvalue weighted by molar-refractivity contribution is 9.10. The van der Waals surface area contributed by atoms with Crippen molar-refractivity contribution >= 4 is 38.6 Å². The third-order valence-electron chi connectivity index (χ3n) is 3.63. The molecule has 0 bridgehead atoms. The van der Waals surface area contributed by atoms with Gasteiger partial charge < -0.3 is 4.98 Å². The third kappa shape index (κ3) is 2.76. The van der Waals surface area contributed by atoms with Gasteiger partial charge in [0.15, 0.2) is 0 Å². The molecule has 0 fully saturated rings. The molecule has 0 atom stereocenters. The summed E-state index contributed by atoms with van der Waals surface area (Å²) in [6.45, 7) is 0. The summed E-state index contributed by atoms with van der Waals surface area (Å²) < 4.78 is 1.02. The van der Waals surface area contributed by atoms with Gasteiger partial charge in [-0.05, 0) is 36.4 Å². The lowest BCUT2D eigenvalue weighted by Gasteiger charge is -2.05. The molecule has 3 nitrogen and oxygen atoms in total. The van der Waals surface area contributed by atoms with Crippen LogP contribution in [0, 0.1) is 0 Å². The Bertz CT molecular complexity index is 996. The second kappa shape index (κ2) is 5.80. The summed E-state index contributed by atoms with van der Waals surface area (Å²) in [5, 5.41) is 0.655. The molecule has 2 aromatic heterocycles. The van der Waals surface area contributed by atoms with Crippen LogP contribution >= 0.6 is 27.5 Å². The third-order valence-corrected chi connectivity index (χ3v) is 4.43. The molecule has 0 aliphatic heterocycles. The highest BCUT2D eigenvalue weighted by atomic mass is 79.9. The van der Waals surface area contributed by atoms with Crippen LogP contribution in [0.15, 0.2) is 65.3 Å². The molecule has 2 aromatic carbocycles. The summed E-state index contributed by atoms with van der Waals surface area (Å²) in [5.41, 5.74) is 4.63. The molecule has 0 saturated heterocycles. The number of nitrogens with zero attached hydrogens (tertiary/aromatic N) is 2. The van der Waals surface area contributed by atoms with E-state index in [1.807, 2.05) is 54.6 Å². The van der Waals surface area contributed by atoms with Gasteiger partial charge in [-0.3, -0.25) is 4.98 Å². The maximum atomic E-state index is 6.45. The van der Waals surface area contributed by atoms with Gasteiger partial charge in [0, 0.05) is 21.8 Å². The minimum absolute atomic E-state index is 0.655. The molecule has 0 radical (unpaired) electrons. The van der Waals surface area contributed by atoms with Crippen molar-refractivity contribution in [3.63, 3.8) is 0 Å². The Morgan fingerprint density at radius 3 is 2.70 bits per heavy atom. The Morgan fingerprint density at radius 1 is 1.00 bits per heavy atom. The average Bonchev–Trinajstić information content (AvgIpc) is 2.98. The number of aromatic nitrogens is 3. The number of hydrogen-bond acceptors (Lipinski definition) is 2. The quantitative estimate of drug-likeness (QED) is 0.481. The van der Waals surface area contributed by atoms with Crippen LogP contribution in [0.1, 0.15) is 0 Å². The van der Waals surface area contributed by atoms with Crippen LogP contribution in [-0.2, 0) is 0 Å². The lowest BCUT2D eigenvalue weighted by Crippen LogP contribution is -1.86. The lowest BCUT2D eigenvalue weighted by atomic mass is 10.1. The Labute approximate surface area is 146 Å². The summed E-state index contributed by atoms with van der Waals surface area (Å²) in [7, 11) is 0. The van der Waals surface area contributed by atoms with Gasteiger partial charge in [0.05, 0.1) is 21.7 Å². The Kier molecular flexibility index (Phi) is 3.63. The van der Waals surface area contributed by atoms with E-state index < -0.39 is 0 Å². The van der Waals surface area contributed by atoms with Crippen molar-refractivity contribution in [3.8, 4) is 22.6 Å². The van der Waals surface area contributed by atoms with E-state index in [9.17, 15) is 0 Å². The van der Waals surface area contributed by atoms with Crippen LogP contribution in [0.2, 0.25) is 5.02 Å². The van der Waals surface area contributed by atoms with E-state index >= 15 is 0 Å². The maximum Gasteiger partial charge on any atom is 0.138 e. The first-order valence-electron chi connectivity index (χ1n) is 7.07. The number of H-pyrrole nitrogens is 1. The van der Waals surface area contributed by atoms with Crippen molar-refractivity contribution in [1.82, 2.24) is 15.0 Å². The Morgan fingerprint density at radius 2 is 1.91 bits per heavy atom. The zero-order chi connectivity index (χ0) is 15.8. The maximum absolute atomic E-state index is 6.45. The lowest BCUT2D eigenvalue weighted by molar-refractivity contribution is 1.31. The summed E-state index contributed by atoms with van der Waals surface area (Å²) in [6, 6.07) is 17.6. The number of nitrogens with one attached hydrogen (secondary N) is 1. The van der Waals surface area contributed by atoms with Crippen LogP contribution in [0.3, 0.4) is 0 Å². The van der Waals surface area contributed by atoms with Crippen LogP contribution in [-0.4, -0.2) is 15.0 Å². The number of rotatable bonds is 2. The predicted octanol–water partition coefficient (Wildman–Crippen LogP) is 5.71. The second-order valence-electron chi connectivity index (χ2n) is 5.16. The largest absolute Gasteiger partial charge is 0.338 e. The number of aromatic amines is 1. The Balaban J connectivity index is 1.78. The van der Waals surface area contributed by atoms with Gasteiger partial charge >= 0.3 is 0 Å². The van der Waals surface area contributed by atoms with Crippen molar-refractivity contribution in [2.75, 3.05) is 0 Å². The first kappa shape index (κ1) is 14.4. The zero-order valence-corrected chi connectivity index (χ0v) is 14.3. The standard InChI is InChI=1S/C18H11BrClN3/c19-12-5-7-16-17(10-12)23-18(22-16)11-4-6-13(14(20)9-11)15-3-1-2-8-21-15/h1-10H,(H,22,23). The fourth-order valence-corrected chi connectivity index (χ4v) is 3.15. The van der Waals surface area contributed by atoms with E-state index in [1.165, 1.54) is 0 Å². The number of imidazole rings is 1. The second-order valence-corrected chi connectivity index (χ2v) is 6.48. The van der Waals surface area contributed by atoms with Crippen molar-refractivity contribution in [1.29, 1.82) is 0 Å². The number of halogens is 2. The number of hydrogen-bond donors (Lipinski definition) is 1. The fourth-order valence-electron chi connectivity index (χ4n) is 2.51. The first-order valence-corrected chi connectivity index (χ1v) is 8.24. The van der Waals surface area contributed by atoms with E-state index in [2.05, 4.69) is 30.9 Å². The molecule has 0 saturated carbocycles. The van der Waals surface area contributed by atoms with Gasteiger partial charge in [-0.25, -0.2) is 4.98 Å². The van der Waals surface area contributed by atoms with Gasteiger partial charge in [-0.15, -0.1) is 0 Å². The SMILES string of the molecule is Clc1cc(-c2nc3ccc(Br)cc3[nH]2)ccc1-c1ccccn1. The highest BCUT2D eigenvalue weighted by Gasteiger charge is 2.10. The normalized spacial score (nSPS) is 11.0. The summed E-state index contributed by atoms with van der Waals surface area (Å²) in [6.07, 6.45) is 1.76. The molecule has 4 rings (SSSR count). The van der Waals surface area contributed by atoms with E-state index in [0.717, 1.165) is 38.2 Å². The van der Waals surface area contributed by atoms with Gasteiger partial charge in [0.25, 0.3) is 0 Å². The molecular formula is C18H11BrClN3. The molecule has 2 heterocycles. The molecule has 0 aliphatic carbocycles. The molecule has 4 aromatic rings. The molecular weight excluding hydrogens is 374 g/mol. The number of fused-ring (bicyclic) bond motifs is 1. The number of pyridine rings is 1. The predicted molar refractivity (Wildman–Crippen MR) is 97.5 cm³/mol. The van der Waals surface area contributed by atoms with Crippen LogP contribution in [0.5, 0.6) is 0 Å². The van der Waals surface area contributed by atoms with Gasteiger partial charge in [0.1, 0.15) is 5.82 Å². The number of benzene rings is 2. The van der Waals surface area contributed by atoms with Crippen molar-refractivity contribution in [3.05, 3.63) is 70.3 Å². The molecule has 1 N–H and O–H groups in total. The molecule has 112 valence electrons. The van der Waals surface area contributed by atoms with E-state index in [4.69, 9.17) is 11.6 Å². The summed E-state index contributed by atoms with van der Waals surface area (Å²) in [5.74, 6) is 0.799. The minimum Gasteiger partial charge on any atom is -0.338 e. The highest BCUT2D eigenvalue weighted by Crippen LogP contribution is 2.31.